The zero-order valence-corrected chi connectivity index (χ0v) is 17.6. The molecule has 156 valence electrons. The second-order valence-electron chi connectivity index (χ2n) is 6.78. The summed E-state index contributed by atoms with van der Waals surface area (Å²) in [7, 11) is -1.16. The van der Waals surface area contributed by atoms with Crippen LogP contribution in [0.1, 0.15) is 24.8 Å². The third kappa shape index (κ3) is 4.00. The van der Waals surface area contributed by atoms with E-state index in [0.717, 1.165) is 34.6 Å². The Hall–Kier alpha value is -2.43. The van der Waals surface area contributed by atoms with Crippen LogP contribution in [0.5, 0.6) is 5.88 Å². The van der Waals surface area contributed by atoms with Gasteiger partial charge in [0.2, 0.25) is 15.9 Å². The van der Waals surface area contributed by atoms with Crippen LogP contribution < -0.4 is 11.2 Å². The zero-order chi connectivity index (χ0) is 21.3. The molecule has 11 heteroatoms. The van der Waals surface area contributed by atoms with Crippen molar-refractivity contribution in [3.8, 4) is 5.88 Å². The summed E-state index contributed by atoms with van der Waals surface area (Å²) in [5.41, 5.74) is -1.35. The van der Waals surface area contributed by atoms with E-state index in [1.807, 2.05) is 0 Å². The van der Waals surface area contributed by atoms with Crippen molar-refractivity contribution >= 4 is 33.5 Å². The molecule has 1 aromatic carbocycles. The molecular formula is C18H21ClN4O5S. The Morgan fingerprint density at radius 1 is 1.10 bits per heavy atom. The molecule has 29 heavy (non-hydrogen) atoms. The van der Waals surface area contributed by atoms with E-state index in [0.29, 0.717) is 13.1 Å². The van der Waals surface area contributed by atoms with Crippen LogP contribution in [0.25, 0.3) is 0 Å². The third-order valence-electron chi connectivity index (χ3n) is 4.86. The van der Waals surface area contributed by atoms with Crippen LogP contribution in [0.3, 0.4) is 0 Å². The summed E-state index contributed by atoms with van der Waals surface area (Å²) in [6, 6.07) is 4.24. The van der Waals surface area contributed by atoms with Crippen molar-refractivity contribution in [2.75, 3.05) is 13.1 Å². The van der Waals surface area contributed by atoms with Crippen LogP contribution in [-0.2, 0) is 24.1 Å². The monoisotopic (exact) mass is 440 g/mol. The fraction of sp³-hybridized carbons (Fsp3) is 0.389. The van der Waals surface area contributed by atoms with Gasteiger partial charge < -0.3 is 5.11 Å². The molecule has 0 bridgehead atoms. The van der Waals surface area contributed by atoms with Gasteiger partial charge in [-0.25, -0.2) is 13.2 Å². The molecule has 0 amide bonds. The van der Waals surface area contributed by atoms with Gasteiger partial charge in [0, 0.05) is 33.4 Å². The van der Waals surface area contributed by atoms with Crippen molar-refractivity contribution in [2.24, 2.45) is 19.1 Å². The number of benzene rings is 1. The van der Waals surface area contributed by atoms with Crippen LogP contribution in [0, 0.1) is 0 Å². The van der Waals surface area contributed by atoms with E-state index < -0.39 is 27.2 Å². The maximum atomic E-state index is 12.9. The molecule has 0 spiro atoms. The second-order valence-corrected chi connectivity index (χ2v) is 9.09. The van der Waals surface area contributed by atoms with Gasteiger partial charge in [-0.1, -0.05) is 18.0 Å². The van der Waals surface area contributed by atoms with Crippen molar-refractivity contribution < 1.29 is 13.5 Å². The molecule has 0 saturated carbocycles. The standard InChI is InChI=1S/C18H21ClN4O5S/c1-21-16(24)13(17(25)22(2)18(21)26)11-20-12-6-7-14(19)15(10-12)29(27,28)23-8-4-3-5-9-23/h6-7,10-11,24H,3-5,8-9H2,1-2H3. The van der Waals surface area contributed by atoms with E-state index in [2.05, 4.69) is 4.99 Å². The van der Waals surface area contributed by atoms with E-state index in [1.165, 1.54) is 36.6 Å². The number of nitrogens with zero attached hydrogens (tertiary/aromatic N) is 4. The number of aromatic hydroxyl groups is 1. The maximum Gasteiger partial charge on any atom is 0.333 e. The Labute approximate surface area is 172 Å². The van der Waals surface area contributed by atoms with Crippen LogP contribution in [-0.4, -0.2) is 46.3 Å². The minimum absolute atomic E-state index is 0.0618. The number of halogens is 1. The van der Waals surface area contributed by atoms with Gasteiger partial charge in [0.25, 0.3) is 5.56 Å². The first-order valence-electron chi connectivity index (χ1n) is 8.97. The lowest BCUT2D eigenvalue weighted by atomic mass is 10.2. The number of rotatable bonds is 4. The Bertz CT molecular complexity index is 1190. The quantitative estimate of drug-likeness (QED) is 0.721. The van der Waals surface area contributed by atoms with Crippen LogP contribution in [0.4, 0.5) is 5.69 Å². The number of hydrogen-bond acceptors (Lipinski definition) is 6. The first kappa shape index (κ1) is 21.3. The molecule has 3 rings (SSSR count). The summed E-state index contributed by atoms with van der Waals surface area (Å²) in [5, 5.41) is 10.2. The van der Waals surface area contributed by atoms with Gasteiger partial charge in [-0.3, -0.25) is 18.9 Å². The molecule has 0 radical (unpaired) electrons. The Morgan fingerprint density at radius 3 is 2.41 bits per heavy atom. The predicted octanol–water partition coefficient (Wildman–Crippen LogP) is 1.37. The lowest BCUT2D eigenvalue weighted by molar-refractivity contribution is 0.346. The van der Waals surface area contributed by atoms with Crippen LogP contribution in [0.15, 0.2) is 37.7 Å². The molecule has 9 nitrogen and oxygen atoms in total. The smallest absolute Gasteiger partial charge is 0.333 e. The van der Waals surface area contributed by atoms with E-state index in [9.17, 15) is 23.1 Å². The summed E-state index contributed by atoms with van der Waals surface area (Å²) in [6.07, 6.45) is 3.67. The maximum absolute atomic E-state index is 12.9. The van der Waals surface area contributed by atoms with E-state index in [-0.39, 0.29) is 21.2 Å². The lowest BCUT2D eigenvalue weighted by Crippen LogP contribution is -2.38. The average Bonchev–Trinajstić information content (AvgIpc) is 2.72. The molecule has 0 unspecified atom stereocenters. The number of sulfonamides is 1. The van der Waals surface area contributed by atoms with E-state index >= 15 is 0 Å². The van der Waals surface area contributed by atoms with Crippen molar-refractivity contribution in [1.82, 2.24) is 13.4 Å². The highest BCUT2D eigenvalue weighted by atomic mass is 35.5. The highest BCUT2D eigenvalue weighted by Crippen LogP contribution is 2.30. The van der Waals surface area contributed by atoms with Gasteiger partial charge in [0.15, 0.2) is 0 Å². The first-order valence-corrected chi connectivity index (χ1v) is 10.8. The molecule has 1 saturated heterocycles. The Morgan fingerprint density at radius 2 is 1.76 bits per heavy atom. The van der Waals surface area contributed by atoms with Crippen molar-refractivity contribution in [1.29, 1.82) is 0 Å². The topological polar surface area (TPSA) is 114 Å². The lowest BCUT2D eigenvalue weighted by Gasteiger charge is -2.26. The van der Waals surface area contributed by atoms with Gasteiger partial charge in [-0.2, -0.15) is 4.31 Å². The molecule has 0 atom stereocenters. The number of aromatic nitrogens is 2. The van der Waals surface area contributed by atoms with Crippen molar-refractivity contribution in [2.45, 2.75) is 24.2 Å². The largest absolute Gasteiger partial charge is 0.494 e. The Kier molecular flexibility index (Phi) is 5.97. The van der Waals surface area contributed by atoms with E-state index in [4.69, 9.17) is 11.6 Å². The number of hydrogen-bond donors (Lipinski definition) is 1. The number of piperidine rings is 1. The molecule has 1 aliphatic heterocycles. The molecule has 1 aliphatic rings. The molecule has 2 aromatic rings. The average molecular weight is 441 g/mol. The van der Waals surface area contributed by atoms with Gasteiger partial charge in [-0.05, 0) is 31.0 Å². The minimum Gasteiger partial charge on any atom is -0.494 e. The van der Waals surface area contributed by atoms with Crippen LogP contribution in [0.2, 0.25) is 5.02 Å². The van der Waals surface area contributed by atoms with Crippen LogP contribution >= 0.6 is 11.6 Å². The molecule has 1 fully saturated rings. The SMILES string of the molecule is Cn1c(O)c(C=Nc2ccc(Cl)c(S(=O)(=O)N3CCCCC3)c2)c(=O)n(C)c1=O. The zero-order valence-electron chi connectivity index (χ0n) is 16.0. The molecule has 1 aromatic heterocycles. The fourth-order valence-electron chi connectivity index (χ4n) is 3.13. The fourth-order valence-corrected chi connectivity index (χ4v) is 5.14. The normalized spacial score (nSPS) is 15.8. The summed E-state index contributed by atoms with van der Waals surface area (Å²) >= 11 is 6.14. The molecular weight excluding hydrogens is 420 g/mol. The summed E-state index contributed by atoms with van der Waals surface area (Å²) in [5.74, 6) is -0.531. The summed E-state index contributed by atoms with van der Waals surface area (Å²) < 4.78 is 29.0. The molecule has 0 aliphatic carbocycles. The van der Waals surface area contributed by atoms with Gasteiger partial charge in [0.05, 0.1) is 10.7 Å². The second kappa shape index (κ2) is 8.13. The summed E-state index contributed by atoms with van der Waals surface area (Å²) in [6.45, 7) is 0.877. The van der Waals surface area contributed by atoms with Gasteiger partial charge in [-0.15, -0.1) is 0 Å². The van der Waals surface area contributed by atoms with Gasteiger partial charge in [0.1, 0.15) is 10.5 Å². The van der Waals surface area contributed by atoms with Gasteiger partial charge >= 0.3 is 5.69 Å². The minimum atomic E-state index is -3.77. The van der Waals surface area contributed by atoms with Crippen molar-refractivity contribution in [3.05, 3.63) is 49.6 Å². The molecule has 2 heterocycles. The number of aliphatic imine (C=N–C) groups is 1. The highest BCUT2D eigenvalue weighted by Gasteiger charge is 2.28. The first-order chi connectivity index (χ1) is 13.6. The van der Waals surface area contributed by atoms with Crippen molar-refractivity contribution in [3.63, 3.8) is 0 Å². The summed E-state index contributed by atoms with van der Waals surface area (Å²) in [4.78, 5) is 28.1. The predicted molar refractivity (Wildman–Crippen MR) is 110 cm³/mol. The molecule has 1 N–H and O–H groups in total. The third-order valence-corrected chi connectivity index (χ3v) is 7.24. The van der Waals surface area contributed by atoms with E-state index in [1.54, 1.807) is 0 Å². The highest BCUT2D eigenvalue weighted by molar-refractivity contribution is 7.89. The Balaban J connectivity index is 2.02.